The Kier molecular flexibility index (Phi) is 6.74. The molecule has 1 aliphatic carbocycles. The lowest BCUT2D eigenvalue weighted by atomic mass is 9.58. The van der Waals surface area contributed by atoms with Gasteiger partial charge >= 0.3 is 5.92 Å². The molecule has 1 atom stereocenters. The summed E-state index contributed by atoms with van der Waals surface area (Å²) < 4.78 is 47.7. The van der Waals surface area contributed by atoms with Gasteiger partial charge in [-0.25, -0.2) is 4.98 Å². The molecule has 4 rings (SSSR count). The Morgan fingerprint density at radius 3 is 2.50 bits per heavy atom. The minimum atomic E-state index is -3.96. The van der Waals surface area contributed by atoms with Gasteiger partial charge in [0.15, 0.2) is 6.61 Å². The van der Waals surface area contributed by atoms with Gasteiger partial charge in [0.2, 0.25) is 11.8 Å². The van der Waals surface area contributed by atoms with Crippen molar-refractivity contribution in [3.05, 3.63) is 30.1 Å². The smallest absolute Gasteiger partial charge is 0.352 e. The first-order valence-electron chi connectivity index (χ1n) is 12.1. The monoisotopic (exact) mass is 508 g/mol. The van der Waals surface area contributed by atoms with Gasteiger partial charge in [0.05, 0.1) is 13.3 Å². The number of likely N-dealkylation sites (tertiary alicyclic amines) is 1. The second kappa shape index (κ2) is 9.24. The number of hydrogen-bond donors (Lipinski definition) is 1. The molecule has 0 spiro atoms. The van der Waals surface area contributed by atoms with Crippen LogP contribution in [0.3, 0.4) is 0 Å². The van der Waals surface area contributed by atoms with E-state index in [2.05, 4.69) is 15.2 Å². The molecule has 3 heterocycles. The van der Waals surface area contributed by atoms with Crippen molar-refractivity contribution in [2.75, 3.05) is 13.7 Å². The summed E-state index contributed by atoms with van der Waals surface area (Å²) in [6.45, 7) is 7.46. The highest BCUT2D eigenvalue weighted by Gasteiger charge is 2.65. The number of carbonyl (C=O) groups excluding carboxylic acids is 1. The molecule has 9 nitrogen and oxygen atoms in total. The summed E-state index contributed by atoms with van der Waals surface area (Å²) in [7, 11) is 1.51. The van der Waals surface area contributed by atoms with Crippen molar-refractivity contribution in [2.45, 2.75) is 84.0 Å². The average Bonchev–Trinajstić information content (AvgIpc) is 3.44. The van der Waals surface area contributed by atoms with Crippen LogP contribution in [0.2, 0.25) is 0 Å². The fourth-order valence-electron chi connectivity index (χ4n) is 6.11. The Labute approximate surface area is 209 Å². The topological polar surface area (TPSA) is 111 Å². The minimum absolute atomic E-state index is 0.0538. The number of pyridine rings is 1. The van der Waals surface area contributed by atoms with Gasteiger partial charge in [-0.2, -0.15) is 8.78 Å². The molecule has 2 aromatic heterocycles. The zero-order chi connectivity index (χ0) is 26.4. The Hall–Kier alpha value is -2.82. The minimum Gasteiger partial charge on any atom is -0.482 e. The predicted octanol–water partition coefficient (Wildman–Crippen LogP) is 4.32. The van der Waals surface area contributed by atoms with E-state index in [0.717, 1.165) is 4.90 Å². The maximum atomic E-state index is 15.7. The summed E-state index contributed by atoms with van der Waals surface area (Å²) >= 11 is 0. The number of nitrogens with zero attached hydrogens (tertiary/aromatic N) is 4. The number of hydrogen-bond acceptors (Lipinski definition) is 8. The van der Waals surface area contributed by atoms with Gasteiger partial charge in [-0.1, -0.05) is 27.7 Å². The first-order valence-corrected chi connectivity index (χ1v) is 12.1. The Bertz CT molecular complexity index is 1070. The molecule has 2 aliphatic rings. The molecule has 2 fully saturated rings. The largest absolute Gasteiger partial charge is 0.482 e. The number of alkyl halides is 2. The van der Waals surface area contributed by atoms with Crippen LogP contribution in [0.25, 0.3) is 0 Å². The SMILES string of the molecule is COc1ccc(OCc2nnc([C@@H]3CCCN3C(=O)C(F)(F)C3(O)CC(C)(C)CC(C)(C)C3)o2)cn1. The molecule has 1 saturated carbocycles. The van der Waals surface area contributed by atoms with Crippen molar-refractivity contribution < 1.29 is 32.6 Å². The summed E-state index contributed by atoms with van der Waals surface area (Å²) in [5.74, 6) is -4.26. The van der Waals surface area contributed by atoms with E-state index in [9.17, 15) is 9.90 Å². The molecule has 0 aromatic carbocycles. The van der Waals surface area contributed by atoms with E-state index in [0.29, 0.717) is 30.9 Å². The zero-order valence-electron chi connectivity index (χ0n) is 21.4. The molecule has 0 bridgehead atoms. The molecule has 36 heavy (non-hydrogen) atoms. The Balaban J connectivity index is 1.47. The number of aliphatic hydroxyl groups is 1. The third-order valence-electron chi connectivity index (χ3n) is 6.91. The predicted molar refractivity (Wildman–Crippen MR) is 124 cm³/mol. The van der Waals surface area contributed by atoms with Crippen LogP contribution in [0.5, 0.6) is 11.6 Å². The fourth-order valence-corrected chi connectivity index (χ4v) is 6.11. The summed E-state index contributed by atoms with van der Waals surface area (Å²) in [6.07, 6.45) is 2.74. The number of carbonyl (C=O) groups is 1. The van der Waals surface area contributed by atoms with Gasteiger partial charge < -0.3 is 23.9 Å². The number of amides is 1. The highest BCUT2D eigenvalue weighted by molar-refractivity contribution is 5.85. The summed E-state index contributed by atoms with van der Waals surface area (Å²) in [4.78, 5) is 18.3. The molecule has 1 saturated heterocycles. The van der Waals surface area contributed by atoms with E-state index in [1.807, 2.05) is 27.7 Å². The zero-order valence-corrected chi connectivity index (χ0v) is 21.4. The lowest BCUT2D eigenvalue weighted by Gasteiger charge is -2.51. The second-order valence-corrected chi connectivity index (χ2v) is 11.5. The molecule has 198 valence electrons. The number of halogens is 2. The van der Waals surface area contributed by atoms with Gasteiger partial charge in [-0.3, -0.25) is 4.79 Å². The molecule has 11 heteroatoms. The molecular weight excluding hydrogens is 474 g/mol. The quantitative estimate of drug-likeness (QED) is 0.589. The van der Waals surface area contributed by atoms with E-state index >= 15 is 8.78 Å². The van der Waals surface area contributed by atoms with Crippen LogP contribution in [0.4, 0.5) is 8.78 Å². The Morgan fingerprint density at radius 2 is 1.89 bits per heavy atom. The third kappa shape index (κ3) is 5.16. The molecule has 0 radical (unpaired) electrons. The second-order valence-electron chi connectivity index (χ2n) is 11.5. The van der Waals surface area contributed by atoms with E-state index in [1.54, 1.807) is 12.1 Å². The average molecular weight is 509 g/mol. The van der Waals surface area contributed by atoms with Crippen LogP contribution in [-0.4, -0.2) is 56.3 Å². The van der Waals surface area contributed by atoms with Gasteiger partial charge in [0.25, 0.3) is 11.8 Å². The van der Waals surface area contributed by atoms with Crippen molar-refractivity contribution >= 4 is 5.91 Å². The molecule has 1 N–H and O–H groups in total. The van der Waals surface area contributed by atoms with Crippen LogP contribution < -0.4 is 9.47 Å². The first kappa shape index (κ1) is 26.2. The van der Waals surface area contributed by atoms with E-state index in [1.165, 1.54) is 13.3 Å². The van der Waals surface area contributed by atoms with E-state index in [-0.39, 0.29) is 37.8 Å². The molecule has 0 unspecified atom stereocenters. The summed E-state index contributed by atoms with van der Waals surface area (Å²) in [6, 6.07) is 2.51. The van der Waals surface area contributed by atoms with Crippen molar-refractivity contribution in [3.8, 4) is 11.6 Å². The van der Waals surface area contributed by atoms with Crippen LogP contribution in [0.1, 0.15) is 77.6 Å². The van der Waals surface area contributed by atoms with Crippen LogP contribution >= 0.6 is 0 Å². The first-order chi connectivity index (χ1) is 16.8. The maximum Gasteiger partial charge on any atom is 0.352 e. The van der Waals surface area contributed by atoms with Crippen molar-refractivity contribution in [1.29, 1.82) is 0 Å². The highest BCUT2D eigenvalue weighted by Crippen LogP contribution is 2.55. The van der Waals surface area contributed by atoms with Crippen molar-refractivity contribution in [1.82, 2.24) is 20.1 Å². The van der Waals surface area contributed by atoms with Crippen molar-refractivity contribution in [3.63, 3.8) is 0 Å². The molecule has 1 aliphatic heterocycles. The van der Waals surface area contributed by atoms with Gasteiger partial charge in [0.1, 0.15) is 17.4 Å². The summed E-state index contributed by atoms with van der Waals surface area (Å²) in [5, 5.41) is 19.1. The van der Waals surface area contributed by atoms with E-state index < -0.39 is 34.3 Å². The number of aromatic nitrogens is 3. The normalized spacial score (nSPS) is 22.9. The van der Waals surface area contributed by atoms with Crippen LogP contribution in [0, 0.1) is 10.8 Å². The summed E-state index contributed by atoms with van der Waals surface area (Å²) in [5.41, 5.74) is -3.51. The molecule has 1 amide bonds. The number of methoxy groups -OCH3 is 1. The van der Waals surface area contributed by atoms with Gasteiger partial charge in [0, 0.05) is 12.6 Å². The maximum absolute atomic E-state index is 15.7. The third-order valence-corrected chi connectivity index (χ3v) is 6.91. The van der Waals surface area contributed by atoms with Crippen LogP contribution in [0.15, 0.2) is 22.7 Å². The lowest BCUT2D eigenvalue weighted by Crippen LogP contribution is -2.62. The highest BCUT2D eigenvalue weighted by atomic mass is 19.3. The van der Waals surface area contributed by atoms with Crippen LogP contribution in [-0.2, 0) is 11.4 Å². The number of rotatable bonds is 7. The van der Waals surface area contributed by atoms with E-state index in [4.69, 9.17) is 13.9 Å². The van der Waals surface area contributed by atoms with Gasteiger partial charge in [-0.15, -0.1) is 10.2 Å². The Morgan fingerprint density at radius 1 is 1.19 bits per heavy atom. The van der Waals surface area contributed by atoms with Crippen molar-refractivity contribution in [2.24, 2.45) is 10.8 Å². The lowest BCUT2D eigenvalue weighted by molar-refractivity contribution is -0.231. The molecule has 2 aromatic rings. The standard InChI is InChI=1S/C25H34F2N4O5/c1-22(2)13-23(3,4)15-24(33,14-22)25(26,27)21(32)31-10-6-7-17(31)20-30-29-19(36-20)12-35-16-8-9-18(34-5)28-11-16/h8-9,11,17,33H,6-7,10,12-15H2,1-5H3/t17-/m0/s1. The number of ether oxygens (including phenoxy) is 2. The fraction of sp³-hybridized carbons (Fsp3) is 0.680. The molecular formula is C25H34F2N4O5. The van der Waals surface area contributed by atoms with Gasteiger partial charge in [-0.05, 0) is 49.0 Å².